The minimum atomic E-state index is -1.61. The lowest BCUT2D eigenvalue weighted by atomic mass is 9.81. The molecule has 0 aromatic heterocycles. The minimum absolute atomic E-state index is 0.0122. The van der Waals surface area contributed by atoms with Crippen molar-refractivity contribution in [1.29, 1.82) is 0 Å². The van der Waals surface area contributed by atoms with Gasteiger partial charge in [0, 0.05) is 32.1 Å². The number of fused-ring (bicyclic) bond motifs is 1. The zero-order chi connectivity index (χ0) is 15.3. The molecule has 0 N–H and O–H groups in total. The highest BCUT2D eigenvalue weighted by Gasteiger charge is 2.51. The topological polar surface area (TPSA) is 49.9 Å². The third kappa shape index (κ3) is 2.32. The SMILES string of the molecule is O=C(C[C@@H]1C[C@H]2CN(C(=O)C3(F)CCC3)C[C@H]2O1)N1CCC1. The molecule has 0 radical (unpaired) electrons. The molecule has 4 fully saturated rings. The van der Waals surface area contributed by atoms with Crippen LogP contribution in [0.1, 0.15) is 38.5 Å². The van der Waals surface area contributed by atoms with E-state index in [1.54, 1.807) is 4.90 Å². The molecule has 0 spiro atoms. The summed E-state index contributed by atoms with van der Waals surface area (Å²) in [6.07, 6.45) is 3.87. The van der Waals surface area contributed by atoms with Gasteiger partial charge in [-0.25, -0.2) is 4.39 Å². The Balaban J connectivity index is 1.29. The quantitative estimate of drug-likeness (QED) is 0.785. The molecule has 2 amide bonds. The molecule has 0 aromatic rings. The van der Waals surface area contributed by atoms with Crippen LogP contribution in [0.2, 0.25) is 0 Å². The lowest BCUT2D eigenvalue weighted by Crippen LogP contribution is -2.50. The van der Waals surface area contributed by atoms with E-state index in [-0.39, 0.29) is 29.9 Å². The number of amides is 2. The maximum absolute atomic E-state index is 14.2. The lowest BCUT2D eigenvalue weighted by Gasteiger charge is -2.36. The van der Waals surface area contributed by atoms with Crippen molar-refractivity contribution in [2.45, 2.75) is 56.4 Å². The highest BCUT2D eigenvalue weighted by Crippen LogP contribution is 2.41. The zero-order valence-corrected chi connectivity index (χ0v) is 12.8. The molecule has 3 heterocycles. The fourth-order valence-electron chi connectivity index (χ4n) is 4.03. The molecule has 3 saturated heterocycles. The first-order valence-electron chi connectivity index (χ1n) is 8.47. The third-order valence-corrected chi connectivity index (χ3v) is 5.74. The Morgan fingerprint density at radius 1 is 1.14 bits per heavy atom. The van der Waals surface area contributed by atoms with Crippen molar-refractivity contribution in [2.75, 3.05) is 26.2 Å². The van der Waals surface area contributed by atoms with E-state index in [1.165, 1.54) is 0 Å². The first kappa shape index (κ1) is 14.4. The molecule has 3 aliphatic heterocycles. The molecule has 4 aliphatic rings. The average Bonchev–Trinajstić information content (AvgIpc) is 2.90. The van der Waals surface area contributed by atoms with Gasteiger partial charge in [-0.15, -0.1) is 0 Å². The van der Waals surface area contributed by atoms with Crippen LogP contribution in [0.4, 0.5) is 4.39 Å². The van der Waals surface area contributed by atoms with Crippen LogP contribution in [0.15, 0.2) is 0 Å². The van der Waals surface area contributed by atoms with Gasteiger partial charge in [0.15, 0.2) is 5.67 Å². The Morgan fingerprint density at radius 3 is 2.45 bits per heavy atom. The second-order valence-electron chi connectivity index (χ2n) is 7.26. The van der Waals surface area contributed by atoms with E-state index in [0.717, 1.165) is 32.4 Å². The number of carbonyl (C=O) groups is 2. The number of nitrogens with zero attached hydrogens (tertiary/aromatic N) is 2. The van der Waals surface area contributed by atoms with E-state index < -0.39 is 5.67 Å². The summed E-state index contributed by atoms with van der Waals surface area (Å²) in [5.74, 6) is 0.105. The number of likely N-dealkylation sites (tertiary alicyclic amines) is 2. The summed E-state index contributed by atoms with van der Waals surface area (Å²) in [6, 6.07) is 0. The van der Waals surface area contributed by atoms with Crippen molar-refractivity contribution in [3.63, 3.8) is 0 Å². The molecule has 4 rings (SSSR count). The lowest BCUT2D eigenvalue weighted by molar-refractivity contribution is -0.150. The van der Waals surface area contributed by atoms with Crippen LogP contribution in [0.3, 0.4) is 0 Å². The maximum atomic E-state index is 14.2. The highest BCUT2D eigenvalue weighted by atomic mass is 19.1. The number of rotatable bonds is 3. The van der Waals surface area contributed by atoms with Crippen LogP contribution in [0, 0.1) is 5.92 Å². The van der Waals surface area contributed by atoms with Gasteiger partial charge in [-0.05, 0) is 32.1 Å². The molecule has 1 saturated carbocycles. The van der Waals surface area contributed by atoms with Gasteiger partial charge < -0.3 is 14.5 Å². The van der Waals surface area contributed by atoms with Crippen molar-refractivity contribution < 1.29 is 18.7 Å². The van der Waals surface area contributed by atoms with E-state index in [1.807, 2.05) is 4.90 Å². The second-order valence-corrected chi connectivity index (χ2v) is 7.26. The van der Waals surface area contributed by atoms with Crippen LogP contribution >= 0.6 is 0 Å². The summed E-state index contributed by atoms with van der Waals surface area (Å²) in [5, 5.41) is 0. The van der Waals surface area contributed by atoms with Gasteiger partial charge in [0.1, 0.15) is 0 Å². The van der Waals surface area contributed by atoms with Crippen LogP contribution in [-0.4, -0.2) is 65.7 Å². The van der Waals surface area contributed by atoms with Gasteiger partial charge in [0.05, 0.1) is 18.6 Å². The number of carbonyl (C=O) groups excluding carboxylic acids is 2. The molecular weight excluding hydrogens is 287 g/mol. The Hall–Kier alpha value is -1.17. The van der Waals surface area contributed by atoms with Gasteiger partial charge in [-0.3, -0.25) is 9.59 Å². The summed E-state index contributed by atoms with van der Waals surface area (Å²) in [6.45, 7) is 2.83. The molecule has 0 bridgehead atoms. The molecule has 22 heavy (non-hydrogen) atoms. The fourth-order valence-corrected chi connectivity index (χ4v) is 4.03. The number of halogens is 1. The second kappa shape index (κ2) is 5.18. The number of alkyl halides is 1. The normalized spacial score (nSPS) is 35.8. The van der Waals surface area contributed by atoms with Crippen molar-refractivity contribution >= 4 is 11.8 Å². The largest absolute Gasteiger partial charge is 0.372 e. The molecule has 0 aromatic carbocycles. The smallest absolute Gasteiger partial charge is 0.260 e. The predicted octanol–water partition coefficient (Wildman–Crippen LogP) is 1.12. The highest BCUT2D eigenvalue weighted by molar-refractivity contribution is 5.86. The molecule has 6 heteroatoms. The summed E-state index contributed by atoms with van der Waals surface area (Å²) in [7, 11) is 0. The first-order valence-corrected chi connectivity index (χ1v) is 8.47. The minimum Gasteiger partial charge on any atom is -0.372 e. The molecule has 1 aliphatic carbocycles. The number of hydrogen-bond donors (Lipinski definition) is 0. The fraction of sp³-hybridized carbons (Fsp3) is 0.875. The van der Waals surface area contributed by atoms with Gasteiger partial charge >= 0.3 is 0 Å². The van der Waals surface area contributed by atoms with Crippen molar-refractivity contribution in [3.8, 4) is 0 Å². The van der Waals surface area contributed by atoms with Crippen LogP contribution in [0.5, 0.6) is 0 Å². The Bertz CT molecular complexity index is 476. The maximum Gasteiger partial charge on any atom is 0.260 e. The molecule has 0 unspecified atom stereocenters. The third-order valence-electron chi connectivity index (χ3n) is 5.74. The zero-order valence-electron chi connectivity index (χ0n) is 12.8. The van der Waals surface area contributed by atoms with Crippen LogP contribution < -0.4 is 0 Å². The van der Waals surface area contributed by atoms with E-state index in [9.17, 15) is 14.0 Å². The number of hydrogen-bond acceptors (Lipinski definition) is 3. The van der Waals surface area contributed by atoms with Gasteiger partial charge in [0.25, 0.3) is 5.91 Å². The molecular formula is C16H23FN2O3. The van der Waals surface area contributed by atoms with Gasteiger partial charge in [-0.2, -0.15) is 0 Å². The van der Waals surface area contributed by atoms with Crippen LogP contribution in [0.25, 0.3) is 0 Å². The van der Waals surface area contributed by atoms with E-state index in [0.29, 0.717) is 32.4 Å². The van der Waals surface area contributed by atoms with E-state index >= 15 is 0 Å². The standard InChI is InChI=1S/C16H23FN2O3/c17-16(3-1-4-16)15(21)19-9-11-7-12(22-13(11)10-19)8-14(20)18-5-2-6-18/h11-13H,1-10H2/t11-,12-,13+/m0/s1. The number of ether oxygens (including phenoxy) is 1. The van der Waals surface area contributed by atoms with E-state index in [2.05, 4.69) is 0 Å². The average molecular weight is 310 g/mol. The Morgan fingerprint density at radius 2 is 1.91 bits per heavy atom. The Kier molecular flexibility index (Phi) is 3.40. The molecule has 3 atom stereocenters. The van der Waals surface area contributed by atoms with Crippen molar-refractivity contribution in [1.82, 2.24) is 9.80 Å². The summed E-state index contributed by atoms with van der Waals surface area (Å²) in [5.41, 5.74) is -1.61. The predicted molar refractivity (Wildman–Crippen MR) is 76.9 cm³/mol. The molecule has 5 nitrogen and oxygen atoms in total. The Labute approximate surface area is 129 Å². The monoisotopic (exact) mass is 310 g/mol. The molecule has 122 valence electrons. The van der Waals surface area contributed by atoms with Gasteiger partial charge in [0.2, 0.25) is 5.91 Å². The van der Waals surface area contributed by atoms with Crippen molar-refractivity contribution in [2.24, 2.45) is 5.92 Å². The summed E-state index contributed by atoms with van der Waals surface area (Å²) in [4.78, 5) is 27.7. The van der Waals surface area contributed by atoms with Crippen LogP contribution in [-0.2, 0) is 14.3 Å². The summed E-state index contributed by atoms with van der Waals surface area (Å²) < 4.78 is 20.2. The van der Waals surface area contributed by atoms with E-state index in [4.69, 9.17) is 4.74 Å². The van der Waals surface area contributed by atoms with Gasteiger partial charge in [-0.1, -0.05) is 0 Å². The van der Waals surface area contributed by atoms with Crippen molar-refractivity contribution in [3.05, 3.63) is 0 Å². The summed E-state index contributed by atoms with van der Waals surface area (Å²) >= 11 is 0. The first-order chi connectivity index (χ1) is 10.5.